The van der Waals surface area contributed by atoms with Crippen LogP contribution in [-0.4, -0.2) is 17.1 Å². The van der Waals surface area contributed by atoms with Crippen molar-refractivity contribution in [3.05, 3.63) is 28.8 Å². The van der Waals surface area contributed by atoms with Gasteiger partial charge in [-0.1, -0.05) is 17.7 Å². The molecule has 0 fully saturated rings. The third kappa shape index (κ3) is 2.61. The zero-order valence-electron chi connectivity index (χ0n) is 7.99. The van der Waals surface area contributed by atoms with E-state index in [0.29, 0.717) is 10.7 Å². The Kier molecular flexibility index (Phi) is 3.53. The lowest BCUT2D eigenvalue weighted by Gasteiger charge is -2.12. The van der Waals surface area contributed by atoms with Gasteiger partial charge in [-0.05, 0) is 19.1 Å². The Morgan fingerprint density at radius 1 is 1.67 bits per heavy atom. The maximum atomic E-state index is 10.6. The summed E-state index contributed by atoms with van der Waals surface area (Å²) in [6.07, 6.45) is 0. The van der Waals surface area contributed by atoms with Crippen molar-refractivity contribution >= 4 is 23.3 Å². The van der Waals surface area contributed by atoms with E-state index in [-0.39, 0.29) is 5.56 Å². The van der Waals surface area contributed by atoms with E-state index in [1.165, 1.54) is 6.92 Å². The minimum absolute atomic E-state index is 0.257. The maximum Gasteiger partial charge on any atom is 0.325 e. The number of rotatable bonds is 3. The van der Waals surface area contributed by atoms with Crippen molar-refractivity contribution in [1.29, 1.82) is 5.26 Å². The molecule has 1 aromatic carbocycles. The predicted molar refractivity (Wildman–Crippen MR) is 56.9 cm³/mol. The van der Waals surface area contributed by atoms with Gasteiger partial charge in [0.2, 0.25) is 0 Å². The fourth-order valence-corrected chi connectivity index (χ4v) is 1.27. The number of halogens is 1. The molecule has 0 saturated heterocycles. The smallest absolute Gasteiger partial charge is 0.325 e. The summed E-state index contributed by atoms with van der Waals surface area (Å²) >= 11 is 5.78. The van der Waals surface area contributed by atoms with Crippen LogP contribution in [0.2, 0.25) is 5.02 Å². The van der Waals surface area contributed by atoms with E-state index in [0.717, 1.165) is 0 Å². The van der Waals surface area contributed by atoms with Crippen LogP contribution in [0.25, 0.3) is 0 Å². The average molecular weight is 225 g/mol. The van der Waals surface area contributed by atoms with Crippen LogP contribution in [0.3, 0.4) is 0 Å². The molecule has 78 valence electrons. The van der Waals surface area contributed by atoms with Gasteiger partial charge in [0.25, 0.3) is 0 Å². The lowest BCUT2D eigenvalue weighted by atomic mass is 10.2. The number of nitrogens with one attached hydrogen (secondary N) is 1. The van der Waals surface area contributed by atoms with E-state index in [2.05, 4.69) is 5.32 Å². The SMILES string of the molecule is CC(Nc1cccc(Cl)c1C#N)C(=O)O. The molecule has 0 amide bonds. The zero-order valence-corrected chi connectivity index (χ0v) is 8.75. The Labute approximate surface area is 92.1 Å². The summed E-state index contributed by atoms with van der Waals surface area (Å²) in [5.74, 6) is -0.987. The van der Waals surface area contributed by atoms with Crippen LogP contribution >= 0.6 is 11.6 Å². The number of anilines is 1. The molecule has 15 heavy (non-hydrogen) atoms. The van der Waals surface area contributed by atoms with Crippen LogP contribution in [-0.2, 0) is 4.79 Å². The number of nitriles is 1. The van der Waals surface area contributed by atoms with E-state index in [9.17, 15) is 4.79 Å². The molecule has 0 saturated carbocycles. The molecule has 5 heteroatoms. The van der Waals surface area contributed by atoms with Crippen LogP contribution in [0.15, 0.2) is 18.2 Å². The number of carboxylic acids is 1. The summed E-state index contributed by atoms with van der Waals surface area (Å²) in [5.41, 5.74) is 0.687. The second-order valence-corrected chi connectivity index (χ2v) is 3.39. The van der Waals surface area contributed by atoms with Crippen LogP contribution in [0, 0.1) is 11.3 Å². The lowest BCUT2D eigenvalue weighted by molar-refractivity contribution is -0.137. The monoisotopic (exact) mass is 224 g/mol. The van der Waals surface area contributed by atoms with Gasteiger partial charge in [-0.2, -0.15) is 5.26 Å². The van der Waals surface area contributed by atoms with Crippen molar-refractivity contribution in [3.63, 3.8) is 0 Å². The lowest BCUT2D eigenvalue weighted by Crippen LogP contribution is -2.25. The molecule has 4 nitrogen and oxygen atoms in total. The van der Waals surface area contributed by atoms with Crippen molar-refractivity contribution in [2.45, 2.75) is 13.0 Å². The first-order valence-electron chi connectivity index (χ1n) is 4.24. The van der Waals surface area contributed by atoms with Crippen LogP contribution in [0.5, 0.6) is 0 Å². The molecule has 1 rings (SSSR count). The second-order valence-electron chi connectivity index (χ2n) is 2.98. The minimum Gasteiger partial charge on any atom is -0.480 e. The highest BCUT2D eigenvalue weighted by atomic mass is 35.5. The Bertz CT molecular complexity index is 426. The summed E-state index contributed by atoms with van der Waals surface area (Å²) < 4.78 is 0. The number of aliphatic carboxylic acids is 1. The number of nitrogens with zero attached hydrogens (tertiary/aromatic N) is 1. The van der Waals surface area contributed by atoms with Crippen molar-refractivity contribution < 1.29 is 9.90 Å². The molecular weight excluding hydrogens is 216 g/mol. The third-order valence-corrected chi connectivity index (χ3v) is 2.18. The predicted octanol–water partition coefficient (Wildman–Crippen LogP) is 2.10. The summed E-state index contributed by atoms with van der Waals surface area (Å²) in [5, 5.41) is 20.5. The van der Waals surface area contributed by atoms with Crippen LogP contribution < -0.4 is 5.32 Å². The van der Waals surface area contributed by atoms with Gasteiger partial charge in [-0.3, -0.25) is 4.79 Å². The van der Waals surface area contributed by atoms with Gasteiger partial charge in [0, 0.05) is 0 Å². The van der Waals surface area contributed by atoms with Crippen molar-refractivity contribution in [2.24, 2.45) is 0 Å². The number of benzene rings is 1. The third-order valence-electron chi connectivity index (χ3n) is 1.87. The normalized spacial score (nSPS) is 11.5. The molecule has 2 N–H and O–H groups in total. The maximum absolute atomic E-state index is 10.6. The van der Waals surface area contributed by atoms with E-state index >= 15 is 0 Å². The zero-order chi connectivity index (χ0) is 11.4. The largest absolute Gasteiger partial charge is 0.480 e. The fourth-order valence-electron chi connectivity index (χ4n) is 1.05. The topological polar surface area (TPSA) is 73.1 Å². The molecule has 0 aliphatic rings. The highest BCUT2D eigenvalue weighted by Crippen LogP contribution is 2.23. The Morgan fingerprint density at radius 3 is 2.87 bits per heavy atom. The summed E-state index contributed by atoms with van der Waals surface area (Å²) in [6.45, 7) is 1.49. The first-order chi connectivity index (χ1) is 7.06. The second kappa shape index (κ2) is 4.67. The van der Waals surface area contributed by atoms with E-state index in [4.69, 9.17) is 22.0 Å². The molecule has 0 bridgehead atoms. The summed E-state index contributed by atoms with van der Waals surface area (Å²) in [6, 6.07) is 6.00. The summed E-state index contributed by atoms with van der Waals surface area (Å²) in [4.78, 5) is 10.6. The van der Waals surface area contributed by atoms with E-state index in [1.54, 1.807) is 18.2 Å². The molecule has 0 heterocycles. The van der Waals surface area contributed by atoms with Gasteiger partial charge in [0.15, 0.2) is 0 Å². The molecule has 0 aliphatic carbocycles. The minimum atomic E-state index is -0.987. The summed E-state index contributed by atoms with van der Waals surface area (Å²) in [7, 11) is 0. The number of carboxylic acid groups (broad SMARTS) is 1. The van der Waals surface area contributed by atoms with Gasteiger partial charge in [-0.15, -0.1) is 0 Å². The van der Waals surface area contributed by atoms with E-state index < -0.39 is 12.0 Å². The highest BCUT2D eigenvalue weighted by molar-refractivity contribution is 6.32. The number of carbonyl (C=O) groups is 1. The van der Waals surface area contributed by atoms with Crippen molar-refractivity contribution in [3.8, 4) is 6.07 Å². The molecule has 1 aromatic rings. The molecule has 0 spiro atoms. The molecule has 0 radical (unpaired) electrons. The number of hydrogen-bond donors (Lipinski definition) is 2. The van der Waals surface area contributed by atoms with E-state index in [1.807, 2.05) is 6.07 Å². The number of hydrogen-bond acceptors (Lipinski definition) is 3. The van der Waals surface area contributed by atoms with Gasteiger partial charge in [0.05, 0.1) is 16.3 Å². The Morgan fingerprint density at radius 2 is 2.33 bits per heavy atom. The van der Waals surface area contributed by atoms with Gasteiger partial charge < -0.3 is 10.4 Å². The molecule has 1 atom stereocenters. The van der Waals surface area contributed by atoms with Crippen LogP contribution in [0.1, 0.15) is 12.5 Å². The van der Waals surface area contributed by atoms with Crippen molar-refractivity contribution in [1.82, 2.24) is 0 Å². The first kappa shape index (κ1) is 11.3. The fraction of sp³-hybridized carbons (Fsp3) is 0.200. The molecule has 0 aromatic heterocycles. The molecule has 1 unspecified atom stereocenters. The Balaban J connectivity index is 3.01. The average Bonchev–Trinajstić information content (AvgIpc) is 2.18. The standard InChI is InChI=1S/C10H9ClN2O2/c1-6(10(14)15)13-9-4-2-3-8(11)7(9)5-12/h2-4,6,13H,1H3,(H,14,15). The quantitative estimate of drug-likeness (QED) is 0.825. The molecule has 0 aliphatic heterocycles. The molecular formula is C10H9ClN2O2. The van der Waals surface area contributed by atoms with Gasteiger partial charge in [0.1, 0.15) is 12.1 Å². The highest BCUT2D eigenvalue weighted by Gasteiger charge is 2.13. The first-order valence-corrected chi connectivity index (χ1v) is 4.62. The van der Waals surface area contributed by atoms with Crippen molar-refractivity contribution in [2.75, 3.05) is 5.32 Å². The Hall–Kier alpha value is -1.73. The van der Waals surface area contributed by atoms with Crippen LogP contribution in [0.4, 0.5) is 5.69 Å². The van der Waals surface area contributed by atoms with Gasteiger partial charge in [-0.25, -0.2) is 0 Å². The van der Waals surface area contributed by atoms with Gasteiger partial charge >= 0.3 is 5.97 Å².